The summed E-state index contributed by atoms with van der Waals surface area (Å²) in [6, 6.07) is 7.73. The summed E-state index contributed by atoms with van der Waals surface area (Å²) in [4.78, 5) is 27.0. The van der Waals surface area contributed by atoms with Crippen LogP contribution in [0.15, 0.2) is 29.1 Å². The molecule has 0 radical (unpaired) electrons. The van der Waals surface area contributed by atoms with Gasteiger partial charge in [0.25, 0.3) is 5.56 Å². The van der Waals surface area contributed by atoms with Crippen LogP contribution in [0.5, 0.6) is 0 Å². The van der Waals surface area contributed by atoms with E-state index in [4.69, 9.17) is 4.74 Å². The molecule has 23 heavy (non-hydrogen) atoms. The smallest absolute Gasteiger partial charge is 0.253 e. The monoisotopic (exact) mass is 314 g/mol. The zero-order chi connectivity index (χ0) is 16.2. The fraction of sp³-hybridized carbons (Fsp3) is 0.444. The van der Waals surface area contributed by atoms with E-state index in [1.807, 2.05) is 31.2 Å². The number of ether oxygens (including phenoxy) is 1. The van der Waals surface area contributed by atoms with Gasteiger partial charge in [-0.1, -0.05) is 11.6 Å². The van der Waals surface area contributed by atoms with Gasteiger partial charge in [0.05, 0.1) is 12.5 Å². The number of carbonyl (C=O) groups excluding carboxylic acids is 1. The highest BCUT2D eigenvalue weighted by Crippen LogP contribution is 2.16. The molecule has 122 valence electrons. The summed E-state index contributed by atoms with van der Waals surface area (Å²) in [6.07, 6.45) is 3.50. The van der Waals surface area contributed by atoms with Crippen molar-refractivity contribution in [3.8, 4) is 0 Å². The van der Waals surface area contributed by atoms with Gasteiger partial charge in [0.1, 0.15) is 0 Å². The molecule has 1 amide bonds. The summed E-state index contributed by atoms with van der Waals surface area (Å²) in [5.41, 5.74) is 2.36. The second-order valence-electron chi connectivity index (χ2n) is 6.18. The lowest BCUT2D eigenvalue weighted by atomic mass is 10.1. The van der Waals surface area contributed by atoms with Gasteiger partial charge in [-0.15, -0.1) is 0 Å². The number of aryl methyl sites for hydroxylation is 1. The van der Waals surface area contributed by atoms with E-state index in [9.17, 15) is 9.59 Å². The summed E-state index contributed by atoms with van der Waals surface area (Å²) < 4.78 is 5.57. The molecule has 1 aliphatic rings. The molecule has 1 aromatic heterocycles. The van der Waals surface area contributed by atoms with Crippen LogP contribution in [0.4, 0.5) is 0 Å². The van der Waals surface area contributed by atoms with E-state index in [2.05, 4.69) is 10.3 Å². The predicted molar refractivity (Wildman–Crippen MR) is 89.4 cm³/mol. The van der Waals surface area contributed by atoms with E-state index in [1.165, 1.54) is 0 Å². The molecule has 2 N–H and O–H groups in total. The first kappa shape index (κ1) is 15.7. The first-order valence-corrected chi connectivity index (χ1v) is 8.13. The average molecular weight is 314 g/mol. The second kappa shape index (κ2) is 6.96. The van der Waals surface area contributed by atoms with E-state index in [0.29, 0.717) is 12.0 Å². The SMILES string of the molecule is Cc1ccc2[nH]c(=O)c(CNC(=O)CC3CCCCO3)cc2c1. The van der Waals surface area contributed by atoms with E-state index >= 15 is 0 Å². The Labute approximate surface area is 135 Å². The molecule has 0 bridgehead atoms. The van der Waals surface area contributed by atoms with Gasteiger partial charge in [0.15, 0.2) is 0 Å². The van der Waals surface area contributed by atoms with Crippen molar-refractivity contribution < 1.29 is 9.53 Å². The van der Waals surface area contributed by atoms with Gasteiger partial charge in [-0.05, 0) is 49.8 Å². The molecule has 1 aliphatic heterocycles. The number of carbonyl (C=O) groups is 1. The van der Waals surface area contributed by atoms with Crippen LogP contribution in [-0.4, -0.2) is 23.6 Å². The minimum atomic E-state index is -0.157. The number of aromatic amines is 1. The van der Waals surface area contributed by atoms with Gasteiger partial charge in [0.2, 0.25) is 5.91 Å². The van der Waals surface area contributed by atoms with E-state index in [0.717, 1.165) is 42.3 Å². The lowest BCUT2D eigenvalue weighted by Gasteiger charge is -2.21. The summed E-state index contributed by atoms with van der Waals surface area (Å²) in [5.74, 6) is -0.0689. The zero-order valence-electron chi connectivity index (χ0n) is 13.4. The molecule has 1 atom stereocenters. The van der Waals surface area contributed by atoms with Crippen LogP contribution in [0.25, 0.3) is 10.9 Å². The number of pyridine rings is 1. The molecule has 2 aromatic rings. The molecule has 2 heterocycles. The summed E-state index contributed by atoms with van der Waals surface area (Å²) in [7, 11) is 0. The topological polar surface area (TPSA) is 71.2 Å². The van der Waals surface area contributed by atoms with Crippen LogP contribution < -0.4 is 10.9 Å². The molecule has 5 heteroatoms. The third-order valence-corrected chi connectivity index (χ3v) is 4.24. The molecule has 1 fully saturated rings. The lowest BCUT2D eigenvalue weighted by Crippen LogP contribution is -2.31. The Kier molecular flexibility index (Phi) is 4.76. The highest BCUT2D eigenvalue weighted by atomic mass is 16.5. The first-order chi connectivity index (χ1) is 11.1. The minimum absolute atomic E-state index is 0.0151. The Morgan fingerprint density at radius 1 is 1.35 bits per heavy atom. The minimum Gasteiger partial charge on any atom is -0.378 e. The molecule has 3 rings (SSSR count). The molecule has 0 spiro atoms. The average Bonchev–Trinajstić information content (AvgIpc) is 2.54. The number of amides is 1. The molecular formula is C18H22N2O3. The maximum Gasteiger partial charge on any atom is 0.253 e. The van der Waals surface area contributed by atoms with E-state index < -0.39 is 0 Å². The molecule has 5 nitrogen and oxygen atoms in total. The van der Waals surface area contributed by atoms with E-state index in [1.54, 1.807) is 0 Å². The number of benzene rings is 1. The van der Waals surface area contributed by atoms with Crippen LogP contribution in [0.1, 0.15) is 36.8 Å². The summed E-state index contributed by atoms with van der Waals surface area (Å²) in [5, 5.41) is 3.80. The van der Waals surface area contributed by atoms with Crippen molar-refractivity contribution in [2.75, 3.05) is 6.61 Å². The van der Waals surface area contributed by atoms with Crippen molar-refractivity contribution in [1.82, 2.24) is 10.3 Å². The number of nitrogens with one attached hydrogen (secondary N) is 2. The number of hydrogen-bond acceptors (Lipinski definition) is 3. The van der Waals surface area contributed by atoms with Crippen LogP contribution >= 0.6 is 0 Å². The fourth-order valence-corrected chi connectivity index (χ4v) is 2.94. The van der Waals surface area contributed by atoms with Crippen molar-refractivity contribution in [2.24, 2.45) is 0 Å². The summed E-state index contributed by atoms with van der Waals surface area (Å²) >= 11 is 0. The van der Waals surface area contributed by atoms with Gasteiger partial charge < -0.3 is 15.0 Å². The van der Waals surface area contributed by atoms with Crippen molar-refractivity contribution >= 4 is 16.8 Å². The van der Waals surface area contributed by atoms with Gasteiger partial charge in [0, 0.05) is 24.2 Å². The Morgan fingerprint density at radius 2 is 2.22 bits per heavy atom. The summed E-state index contributed by atoms with van der Waals surface area (Å²) in [6.45, 7) is 2.99. The Balaban J connectivity index is 1.65. The van der Waals surface area contributed by atoms with Crippen LogP contribution in [0, 0.1) is 6.92 Å². The first-order valence-electron chi connectivity index (χ1n) is 8.13. The highest BCUT2D eigenvalue weighted by molar-refractivity contribution is 5.80. The predicted octanol–water partition coefficient (Wildman–Crippen LogP) is 2.41. The molecule has 0 aliphatic carbocycles. The van der Waals surface area contributed by atoms with E-state index in [-0.39, 0.29) is 24.1 Å². The van der Waals surface area contributed by atoms with Crippen molar-refractivity contribution in [1.29, 1.82) is 0 Å². The van der Waals surface area contributed by atoms with Gasteiger partial charge in [-0.2, -0.15) is 0 Å². The van der Waals surface area contributed by atoms with Crippen molar-refractivity contribution in [2.45, 2.75) is 45.3 Å². The van der Waals surface area contributed by atoms with Crippen molar-refractivity contribution in [3.05, 3.63) is 45.7 Å². The van der Waals surface area contributed by atoms with Crippen molar-refractivity contribution in [3.63, 3.8) is 0 Å². The standard InChI is InChI=1S/C18H22N2O3/c1-12-5-6-16-13(8-12)9-14(18(22)20-16)11-19-17(21)10-15-4-2-3-7-23-15/h5-6,8-9,15H,2-4,7,10-11H2,1H3,(H,19,21)(H,20,22). The second-order valence-corrected chi connectivity index (χ2v) is 6.18. The third kappa shape index (κ3) is 3.99. The molecule has 1 saturated heterocycles. The zero-order valence-corrected chi connectivity index (χ0v) is 13.4. The van der Waals surface area contributed by atoms with Gasteiger partial charge in [-0.25, -0.2) is 0 Å². The number of rotatable bonds is 4. The highest BCUT2D eigenvalue weighted by Gasteiger charge is 2.17. The maximum atomic E-state index is 12.1. The van der Waals surface area contributed by atoms with Gasteiger partial charge in [-0.3, -0.25) is 9.59 Å². The fourth-order valence-electron chi connectivity index (χ4n) is 2.94. The third-order valence-electron chi connectivity index (χ3n) is 4.24. The normalized spacial score (nSPS) is 18.0. The van der Waals surface area contributed by atoms with Crippen LogP contribution in [0.3, 0.4) is 0 Å². The number of fused-ring (bicyclic) bond motifs is 1. The Hall–Kier alpha value is -2.14. The molecule has 1 aromatic carbocycles. The molecule has 1 unspecified atom stereocenters. The maximum absolute atomic E-state index is 12.1. The van der Waals surface area contributed by atoms with Gasteiger partial charge >= 0.3 is 0 Å². The Morgan fingerprint density at radius 3 is 3.00 bits per heavy atom. The molecule has 0 saturated carbocycles. The number of H-pyrrole nitrogens is 1. The molecular weight excluding hydrogens is 292 g/mol. The quantitative estimate of drug-likeness (QED) is 0.910. The van der Waals surface area contributed by atoms with Crippen LogP contribution in [-0.2, 0) is 16.1 Å². The lowest BCUT2D eigenvalue weighted by molar-refractivity contribution is -0.125. The number of hydrogen-bond donors (Lipinski definition) is 2. The Bertz CT molecular complexity index is 760. The number of aromatic nitrogens is 1. The largest absolute Gasteiger partial charge is 0.378 e. The van der Waals surface area contributed by atoms with Crippen LogP contribution in [0.2, 0.25) is 0 Å².